The molecule has 1 N–H and O–H groups in total. The van der Waals surface area contributed by atoms with Gasteiger partial charge in [0.1, 0.15) is 12.6 Å². The Morgan fingerprint density at radius 1 is 0.857 bits per heavy atom. The summed E-state index contributed by atoms with van der Waals surface area (Å²) < 4.78 is 27.3. The van der Waals surface area contributed by atoms with Crippen LogP contribution in [0.25, 0.3) is 0 Å². The summed E-state index contributed by atoms with van der Waals surface area (Å²) >= 11 is 0. The van der Waals surface area contributed by atoms with Gasteiger partial charge in [0.2, 0.25) is 21.8 Å². The Labute approximate surface area is 251 Å². The van der Waals surface area contributed by atoms with Crippen LogP contribution >= 0.6 is 0 Å². The van der Waals surface area contributed by atoms with E-state index < -0.39 is 28.5 Å². The van der Waals surface area contributed by atoms with Gasteiger partial charge in [-0.2, -0.15) is 0 Å². The zero-order valence-corrected chi connectivity index (χ0v) is 26.0. The van der Waals surface area contributed by atoms with Gasteiger partial charge in [0.25, 0.3) is 0 Å². The zero-order chi connectivity index (χ0) is 30.3. The molecule has 0 saturated heterocycles. The van der Waals surface area contributed by atoms with Crippen LogP contribution in [0.2, 0.25) is 0 Å². The van der Waals surface area contributed by atoms with Crippen LogP contribution in [0, 0.1) is 20.8 Å². The molecule has 0 spiro atoms. The summed E-state index contributed by atoms with van der Waals surface area (Å²) in [7, 11) is -3.80. The molecule has 8 heteroatoms. The first kappa shape index (κ1) is 31.3. The topological polar surface area (TPSA) is 86.8 Å². The highest BCUT2D eigenvalue weighted by molar-refractivity contribution is 7.92. The number of aryl methyl sites for hydroxylation is 3. The summed E-state index contributed by atoms with van der Waals surface area (Å²) in [5.41, 5.74) is 5.06. The minimum atomic E-state index is -3.80. The number of amides is 2. The van der Waals surface area contributed by atoms with E-state index in [1.807, 2.05) is 87.5 Å². The minimum Gasteiger partial charge on any atom is -0.352 e. The molecule has 0 bridgehead atoms. The molecule has 2 amide bonds. The van der Waals surface area contributed by atoms with E-state index in [2.05, 4.69) is 5.32 Å². The molecule has 1 atom stereocenters. The molecule has 7 nitrogen and oxygen atoms in total. The lowest BCUT2D eigenvalue weighted by Gasteiger charge is -2.35. The van der Waals surface area contributed by atoms with Crippen molar-refractivity contribution in [2.45, 2.75) is 77.9 Å². The van der Waals surface area contributed by atoms with Gasteiger partial charge in [-0.3, -0.25) is 13.9 Å². The van der Waals surface area contributed by atoms with E-state index in [-0.39, 0.29) is 18.5 Å². The highest BCUT2D eigenvalue weighted by atomic mass is 32.2. The van der Waals surface area contributed by atoms with Crippen molar-refractivity contribution in [3.05, 3.63) is 101 Å². The second-order valence-corrected chi connectivity index (χ2v) is 13.5. The van der Waals surface area contributed by atoms with Crippen LogP contribution in [0.15, 0.2) is 72.8 Å². The summed E-state index contributed by atoms with van der Waals surface area (Å²) in [6.07, 6.45) is 6.58. The summed E-state index contributed by atoms with van der Waals surface area (Å²) in [5, 5.41) is 3.24. The van der Waals surface area contributed by atoms with Crippen molar-refractivity contribution < 1.29 is 18.0 Å². The molecule has 224 valence electrons. The Balaban J connectivity index is 1.74. The zero-order valence-electron chi connectivity index (χ0n) is 25.2. The summed E-state index contributed by atoms with van der Waals surface area (Å²) in [6.45, 7) is 5.54. The number of benzene rings is 3. The third-order valence-corrected chi connectivity index (χ3v) is 9.08. The second kappa shape index (κ2) is 14.0. The number of rotatable bonds is 11. The standard InChI is InChI=1S/C34H43N3O4S/c1-25-12-11-15-29(21-25)23-36(33(38)24-37(42(4,40)41)31-19-18-26(2)20-27(31)3)32(22-28-13-7-5-8-14-28)34(39)35-30-16-9-6-10-17-30/h5,7-8,11-15,18-21,30,32H,6,9-10,16-17,22-24H2,1-4H3,(H,35,39). The summed E-state index contributed by atoms with van der Waals surface area (Å²) in [5.74, 6) is -0.634. The van der Waals surface area contributed by atoms with Crippen LogP contribution in [-0.2, 0) is 32.6 Å². The highest BCUT2D eigenvalue weighted by Gasteiger charge is 2.34. The van der Waals surface area contributed by atoms with Crippen molar-refractivity contribution in [1.82, 2.24) is 10.2 Å². The van der Waals surface area contributed by atoms with Crippen molar-refractivity contribution in [3.63, 3.8) is 0 Å². The Kier molecular flexibility index (Phi) is 10.4. The number of carbonyl (C=O) groups is 2. The van der Waals surface area contributed by atoms with Crippen molar-refractivity contribution in [2.75, 3.05) is 17.1 Å². The molecule has 1 aliphatic rings. The molecular formula is C34H43N3O4S. The lowest BCUT2D eigenvalue weighted by atomic mass is 9.94. The molecule has 1 fully saturated rings. The average Bonchev–Trinajstić information content (AvgIpc) is 2.94. The third kappa shape index (κ3) is 8.44. The van der Waals surface area contributed by atoms with Crippen molar-refractivity contribution in [3.8, 4) is 0 Å². The van der Waals surface area contributed by atoms with E-state index in [9.17, 15) is 18.0 Å². The first-order chi connectivity index (χ1) is 20.0. The molecular weight excluding hydrogens is 546 g/mol. The Morgan fingerprint density at radius 3 is 2.17 bits per heavy atom. The lowest BCUT2D eigenvalue weighted by molar-refractivity contribution is -0.140. The van der Waals surface area contributed by atoms with Crippen molar-refractivity contribution in [2.24, 2.45) is 0 Å². The van der Waals surface area contributed by atoms with Gasteiger partial charge in [-0.1, -0.05) is 97.1 Å². The van der Waals surface area contributed by atoms with Crippen molar-refractivity contribution in [1.29, 1.82) is 0 Å². The first-order valence-corrected chi connectivity index (χ1v) is 16.6. The largest absolute Gasteiger partial charge is 0.352 e. The van der Waals surface area contributed by atoms with Gasteiger partial charge in [-0.25, -0.2) is 8.42 Å². The maximum absolute atomic E-state index is 14.3. The van der Waals surface area contributed by atoms with Crippen LogP contribution < -0.4 is 9.62 Å². The predicted molar refractivity (Wildman–Crippen MR) is 169 cm³/mol. The monoisotopic (exact) mass is 589 g/mol. The number of carbonyl (C=O) groups excluding carboxylic acids is 2. The summed E-state index contributed by atoms with van der Waals surface area (Å²) in [6, 6.07) is 22.2. The molecule has 42 heavy (non-hydrogen) atoms. The maximum atomic E-state index is 14.3. The SMILES string of the molecule is Cc1cccc(CN(C(=O)CN(c2ccc(C)cc2C)S(C)(=O)=O)C(Cc2ccccc2)C(=O)NC2CCCCC2)c1. The van der Waals surface area contributed by atoms with Crippen LogP contribution in [0.3, 0.4) is 0 Å². The molecule has 1 aliphatic carbocycles. The molecule has 3 aromatic rings. The molecule has 3 aromatic carbocycles. The quantitative estimate of drug-likeness (QED) is 0.322. The fraction of sp³-hybridized carbons (Fsp3) is 0.412. The van der Waals surface area contributed by atoms with E-state index in [4.69, 9.17) is 0 Å². The highest BCUT2D eigenvalue weighted by Crippen LogP contribution is 2.25. The van der Waals surface area contributed by atoms with Gasteiger partial charge in [0, 0.05) is 19.0 Å². The van der Waals surface area contributed by atoms with Crippen LogP contribution in [-0.4, -0.2) is 50.0 Å². The number of hydrogen-bond acceptors (Lipinski definition) is 4. The normalized spacial score (nSPS) is 14.7. The smallest absolute Gasteiger partial charge is 0.244 e. The Morgan fingerprint density at radius 2 is 1.52 bits per heavy atom. The number of nitrogens with zero attached hydrogens (tertiary/aromatic N) is 2. The third-order valence-electron chi connectivity index (χ3n) is 7.96. The van der Waals surface area contributed by atoms with Gasteiger partial charge in [-0.05, 0) is 56.4 Å². The minimum absolute atomic E-state index is 0.0724. The number of sulfonamides is 1. The molecule has 0 aromatic heterocycles. The number of hydrogen-bond donors (Lipinski definition) is 1. The van der Waals surface area contributed by atoms with E-state index in [1.54, 1.807) is 11.0 Å². The molecule has 1 saturated carbocycles. The number of anilines is 1. The van der Waals surface area contributed by atoms with Gasteiger partial charge in [0.15, 0.2) is 0 Å². The van der Waals surface area contributed by atoms with Crippen LogP contribution in [0.1, 0.15) is 59.9 Å². The summed E-state index contributed by atoms with van der Waals surface area (Å²) in [4.78, 5) is 29.9. The predicted octanol–water partition coefficient (Wildman–Crippen LogP) is 5.47. The van der Waals surface area contributed by atoms with Gasteiger partial charge < -0.3 is 10.2 Å². The Hall–Kier alpha value is -3.65. The molecule has 0 radical (unpaired) electrons. The molecule has 4 rings (SSSR count). The van der Waals surface area contributed by atoms with E-state index in [0.29, 0.717) is 12.1 Å². The number of nitrogens with one attached hydrogen (secondary N) is 1. The van der Waals surface area contributed by atoms with E-state index in [1.165, 1.54) is 0 Å². The van der Waals surface area contributed by atoms with E-state index in [0.717, 1.165) is 70.5 Å². The molecule has 1 unspecified atom stereocenters. The lowest BCUT2D eigenvalue weighted by Crippen LogP contribution is -2.55. The van der Waals surface area contributed by atoms with E-state index >= 15 is 0 Å². The fourth-order valence-corrected chi connectivity index (χ4v) is 6.69. The van der Waals surface area contributed by atoms with Gasteiger partial charge in [0.05, 0.1) is 11.9 Å². The first-order valence-electron chi connectivity index (χ1n) is 14.8. The molecule has 0 heterocycles. The molecule has 0 aliphatic heterocycles. The van der Waals surface area contributed by atoms with Gasteiger partial charge in [-0.15, -0.1) is 0 Å². The van der Waals surface area contributed by atoms with Gasteiger partial charge >= 0.3 is 0 Å². The van der Waals surface area contributed by atoms with Crippen molar-refractivity contribution >= 4 is 27.5 Å². The van der Waals surface area contributed by atoms with Crippen LogP contribution in [0.4, 0.5) is 5.69 Å². The second-order valence-electron chi connectivity index (χ2n) is 11.6. The average molecular weight is 590 g/mol. The Bertz CT molecular complexity index is 1480. The maximum Gasteiger partial charge on any atom is 0.244 e. The fourth-order valence-electron chi connectivity index (χ4n) is 5.79. The van der Waals surface area contributed by atoms with Crippen LogP contribution in [0.5, 0.6) is 0 Å².